The molecule has 0 spiro atoms. The van der Waals surface area contributed by atoms with Gasteiger partial charge in [0.2, 0.25) is 53.2 Å². The number of amides is 9. The second kappa shape index (κ2) is 28.4. The van der Waals surface area contributed by atoms with Gasteiger partial charge < -0.3 is 64.4 Å². The van der Waals surface area contributed by atoms with Crippen LogP contribution in [0.1, 0.15) is 70.7 Å². The maximum atomic E-state index is 14.2. The van der Waals surface area contributed by atoms with Crippen molar-refractivity contribution in [1.82, 2.24) is 57.1 Å². The van der Waals surface area contributed by atoms with Crippen LogP contribution in [0.3, 0.4) is 0 Å². The molecule has 5 rings (SSSR count). The number of nitrogens with one attached hydrogen (secondary N) is 9. The first-order valence-electron chi connectivity index (χ1n) is 25.0. The summed E-state index contributed by atoms with van der Waals surface area (Å²) in [6, 6.07) is 8.18. The van der Waals surface area contributed by atoms with Gasteiger partial charge in [0.25, 0.3) is 0 Å². The summed E-state index contributed by atoms with van der Waals surface area (Å²) in [5, 5.41) is 19.7. The first kappa shape index (κ1) is 58.6. The van der Waals surface area contributed by atoms with Gasteiger partial charge in [-0.2, -0.15) is 0 Å². The highest BCUT2D eigenvalue weighted by Gasteiger charge is 2.35. The number of rotatable bonds is 29. The summed E-state index contributed by atoms with van der Waals surface area (Å²) in [6.45, 7) is 8.56. The number of carbonyl (C=O) groups is 9. The van der Waals surface area contributed by atoms with Crippen molar-refractivity contribution >= 4 is 75.8 Å². The zero-order valence-corrected chi connectivity index (χ0v) is 43.8. The van der Waals surface area contributed by atoms with Crippen molar-refractivity contribution in [1.29, 1.82) is 0 Å². The highest BCUT2D eigenvalue weighted by molar-refractivity contribution is 7.99. The van der Waals surface area contributed by atoms with Gasteiger partial charge >= 0.3 is 0 Å². The Hall–Kier alpha value is -7.31. The molecular formula is C51H72N14O9S. The van der Waals surface area contributed by atoms with E-state index in [4.69, 9.17) is 17.2 Å². The highest BCUT2D eigenvalue weighted by Crippen LogP contribution is 2.23. The standard InChI is InChI=1S/C51H72N14O9S/c1-28(2)17-34(24-65-27-75-25-41(65)45(54)68)60-50(73)40(20-33-22-55-26-58-33)61-43(67)23-57-51(74)44(29(3)4)64-46(69)30(5)59-49(72)39(19-32-21-56-37-14-10-9-13-35(32)37)63-48(71)38(15-16-42(53)66)62-47(70)36(52)18-31-11-7-6-8-12-31/h6-14,21-22,26,28-30,34,36,38-41,44,56H,15-20,23-25,27,52H2,1-5H3,(H2,53,66)(H2,54,68)(H,55,58)(H,57,74)(H,59,72)(H,60,73)(H,61,67)(H,62,70)(H,63,71)(H,64,69)/t30-,34-,36+,38-,39-,40-,41?,44-/m0/s1. The van der Waals surface area contributed by atoms with Gasteiger partial charge in [-0.15, -0.1) is 11.8 Å². The second-order valence-electron chi connectivity index (χ2n) is 19.6. The smallest absolute Gasteiger partial charge is 0.243 e. The lowest BCUT2D eigenvalue weighted by Crippen LogP contribution is -2.59. The number of fused-ring (bicyclic) bond motifs is 1. The summed E-state index contributed by atoms with van der Waals surface area (Å²) in [5.74, 6) is -5.31. The molecule has 1 aliphatic heterocycles. The molecule has 1 fully saturated rings. The number of thioether (sulfide) groups is 1. The summed E-state index contributed by atoms with van der Waals surface area (Å²) in [5.41, 5.74) is 20.1. The van der Waals surface area contributed by atoms with Crippen LogP contribution < -0.4 is 54.4 Å². The van der Waals surface area contributed by atoms with Crippen molar-refractivity contribution < 1.29 is 43.2 Å². The molecule has 1 aliphatic rings. The fourth-order valence-electron chi connectivity index (χ4n) is 8.59. The van der Waals surface area contributed by atoms with Crippen LogP contribution in [0.5, 0.6) is 0 Å². The maximum Gasteiger partial charge on any atom is 0.243 e. The van der Waals surface area contributed by atoms with Gasteiger partial charge in [-0.25, -0.2) is 4.98 Å². The molecule has 24 heteroatoms. The van der Waals surface area contributed by atoms with Crippen LogP contribution in [0.25, 0.3) is 10.9 Å². The number of hydrogen-bond donors (Lipinski definition) is 12. The van der Waals surface area contributed by atoms with Crippen LogP contribution in [-0.4, -0.2) is 146 Å². The number of benzene rings is 2. The molecule has 0 saturated carbocycles. The van der Waals surface area contributed by atoms with Crippen LogP contribution in [0.15, 0.2) is 73.3 Å². The number of aromatic nitrogens is 3. The van der Waals surface area contributed by atoms with Crippen molar-refractivity contribution in [2.24, 2.45) is 29.0 Å². The van der Waals surface area contributed by atoms with Gasteiger partial charge in [-0.05, 0) is 55.2 Å². The molecule has 15 N–H and O–H groups in total. The van der Waals surface area contributed by atoms with E-state index in [-0.39, 0.29) is 44.1 Å². The minimum absolute atomic E-state index is 0.0420. The minimum Gasteiger partial charge on any atom is -0.370 e. The third-order valence-corrected chi connectivity index (χ3v) is 13.7. The Morgan fingerprint density at radius 3 is 2.07 bits per heavy atom. The molecule has 2 aromatic carbocycles. The molecule has 23 nitrogen and oxygen atoms in total. The first-order valence-corrected chi connectivity index (χ1v) is 26.1. The lowest BCUT2D eigenvalue weighted by atomic mass is 10.0. The molecular weight excluding hydrogens is 985 g/mol. The van der Waals surface area contributed by atoms with Crippen molar-refractivity contribution in [2.75, 3.05) is 24.7 Å². The fourth-order valence-corrected chi connectivity index (χ4v) is 9.81. The number of H-pyrrole nitrogens is 2. The molecule has 406 valence electrons. The van der Waals surface area contributed by atoms with Gasteiger partial charge in [0.15, 0.2) is 0 Å². The van der Waals surface area contributed by atoms with E-state index in [0.717, 1.165) is 16.5 Å². The summed E-state index contributed by atoms with van der Waals surface area (Å²) >= 11 is 1.57. The zero-order valence-electron chi connectivity index (χ0n) is 43.0. The van der Waals surface area contributed by atoms with E-state index in [1.165, 1.54) is 19.4 Å². The molecule has 0 bridgehead atoms. The van der Waals surface area contributed by atoms with Crippen molar-refractivity contribution in [3.05, 3.63) is 90.1 Å². The highest BCUT2D eigenvalue weighted by atomic mass is 32.2. The monoisotopic (exact) mass is 1060 g/mol. The molecule has 0 aliphatic carbocycles. The predicted molar refractivity (Wildman–Crippen MR) is 282 cm³/mol. The number of primary amides is 2. The summed E-state index contributed by atoms with van der Waals surface area (Å²) < 4.78 is 0. The Labute approximate surface area is 439 Å². The molecule has 3 heterocycles. The van der Waals surface area contributed by atoms with Crippen LogP contribution in [-0.2, 0) is 62.4 Å². The molecule has 1 saturated heterocycles. The number of hydrogen-bond acceptors (Lipinski definition) is 13. The Kier molecular flexibility index (Phi) is 22.2. The van der Waals surface area contributed by atoms with Crippen LogP contribution >= 0.6 is 11.8 Å². The van der Waals surface area contributed by atoms with E-state index in [1.807, 2.05) is 49.1 Å². The number of aromatic amines is 2. The average molecular weight is 1060 g/mol. The lowest BCUT2D eigenvalue weighted by molar-refractivity contribution is -0.135. The Balaban J connectivity index is 1.23. The predicted octanol–water partition coefficient (Wildman–Crippen LogP) is -0.881. The maximum absolute atomic E-state index is 14.2. The van der Waals surface area contributed by atoms with Crippen molar-refractivity contribution in [3.8, 4) is 0 Å². The number of para-hydroxylation sites is 1. The van der Waals surface area contributed by atoms with Gasteiger partial charge in [0, 0.05) is 72.5 Å². The summed E-state index contributed by atoms with van der Waals surface area (Å²) in [6.07, 6.45) is 4.88. The Morgan fingerprint density at radius 1 is 0.733 bits per heavy atom. The summed E-state index contributed by atoms with van der Waals surface area (Å²) in [4.78, 5) is 132. The third-order valence-electron chi connectivity index (χ3n) is 12.6. The van der Waals surface area contributed by atoms with Gasteiger partial charge in [0.05, 0.1) is 25.0 Å². The van der Waals surface area contributed by atoms with Crippen molar-refractivity contribution in [3.63, 3.8) is 0 Å². The zero-order chi connectivity index (χ0) is 54.8. The topological polar surface area (TPSA) is 364 Å². The number of nitrogens with zero attached hydrogens (tertiary/aromatic N) is 2. The molecule has 2 aromatic heterocycles. The van der Waals surface area contributed by atoms with E-state index in [1.54, 1.807) is 56.1 Å². The normalized spacial score (nSPS) is 16.4. The Morgan fingerprint density at radius 2 is 1.40 bits per heavy atom. The van der Waals surface area contributed by atoms with Crippen LogP contribution in [0.2, 0.25) is 0 Å². The quantitative estimate of drug-likeness (QED) is 0.0315. The van der Waals surface area contributed by atoms with Gasteiger partial charge in [-0.1, -0.05) is 76.2 Å². The fraction of sp³-hybridized carbons (Fsp3) is 0.490. The molecule has 8 atom stereocenters. The van der Waals surface area contributed by atoms with E-state index in [0.29, 0.717) is 35.9 Å². The van der Waals surface area contributed by atoms with E-state index in [2.05, 4.69) is 52.2 Å². The van der Waals surface area contributed by atoms with E-state index in [9.17, 15) is 43.2 Å². The third kappa shape index (κ3) is 18.2. The van der Waals surface area contributed by atoms with E-state index >= 15 is 0 Å². The molecule has 75 heavy (non-hydrogen) atoms. The first-order chi connectivity index (χ1) is 35.7. The number of imidazole rings is 1. The lowest BCUT2D eigenvalue weighted by Gasteiger charge is -2.30. The largest absolute Gasteiger partial charge is 0.370 e. The molecule has 1 unspecified atom stereocenters. The number of nitrogens with two attached hydrogens (primary N) is 3. The number of carbonyl (C=O) groups excluding carboxylic acids is 9. The van der Waals surface area contributed by atoms with E-state index < -0.39 is 108 Å². The van der Waals surface area contributed by atoms with Crippen LogP contribution in [0, 0.1) is 11.8 Å². The molecule has 4 aromatic rings. The SMILES string of the molecule is CC(C)C[C@@H](CN1CSCC1C(N)=O)NC(=O)[C@H](Cc1cnc[nH]1)NC(=O)CNC(=O)[C@@H](NC(=O)[C@H](C)NC(=O)[C@H](Cc1c[nH]c2ccccc12)NC(=O)[C@H](CCC(N)=O)NC(=O)[C@H](N)Cc1ccccc1)C(C)C. The minimum atomic E-state index is -1.33. The molecule has 9 amide bonds. The molecule has 0 radical (unpaired) electrons. The van der Waals surface area contributed by atoms with Gasteiger partial charge in [-0.3, -0.25) is 48.1 Å². The Bertz CT molecular complexity index is 2590. The average Bonchev–Trinajstić information content (AvgIpc) is 4.15. The van der Waals surface area contributed by atoms with Gasteiger partial charge in [0.1, 0.15) is 30.2 Å². The summed E-state index contributed by atoms with van der Waals surface area (Å²) in [7, 11) is 0. The van der Waals surface area contributed by atoms with Crippen LogP contribution in [0.4, 0.5) is 0 Å². The van der Waals surface area contributed by atoms with Crippen molar-refractivity contribution in [2.45, 2.75) is 121 Å². The second-order valence-corrected chi connectivity index (χ2v) is 20.6.